The van der Waals surface area contributed by atoms with E-state index in [1.165, 1.54) is 6.92 Å². The van der Waals surface area contributed by atoms with Gasteiger partial charge in [0.2, 0.25) is 5.91 Å². The van der Waals surface area contributed by atoms with Crippen LogP contribution in [0.1, 0.15) is 26.2 Å². The number of unbranched alkanes of at least 4 members (excludes halogenated alkanes) is 1. The molecule has 0 saturated carbocycles. The van der Waals surface area contributed by atoms with E-state index in [0.29, 0.717) is 13.0 Å². The Morgan fingerprint density at radius 1 is 1.43 bits per heavy atom. The molecule has 0 fully saturated rings. The van der Waals surface area contributed by atoms with E-state index in [1.807, 2.05) is 0 Å². The van der Waals surface area contributed by atoms with Crippen LogP contribution in [0, 0.1) is 6.54 Å². The fourth-order valence-electron chi connectivity index (χ4n) is 0.919. The van der Waals surface area contributed by atoms with Gasteiger partial charge < -0.3 is 16.8 Å². The van der Waals surface area contributed by atoms with E-state index in [-0.39, 0.29) is 11.7 Å². The Morgan fingerprint density at radius 2 is 2.07 bits per heavy atom. The lowest BCUT2D eigenvalue weighted by molar-refractivity contribution is -0.124. The molecule has 5 N–H and O–H groups in total. The molecule has 14 heavy (non-hydrogen) atoms. The second-order valence-corrected chi connectivity index (χ2v) is 3.15. The minimum atomic E-state index is -0.558. The highest BCUT2D eigenvalue weighted by molar-refractivity contribution is 5.91. The third-order valence-corrected chi connectivity index (χ3v) is 1.72. The lowest BCUT2D eigenvalue weighted by atomic mass is 10.1. The van der Waals surface area contributed by atoms with Gasteiger partial charge in [0, 0.05) is 0 Å². The topological polar surface area (TPSA) is 98.2 Å². The number of hydrogen-bond acceptors (Lipinski definition) is 4. The van der Waals surface area contributed by atoms with Crippen molar-refractivity contribution >= 4 is 11.7 Å². The van der Waals surface area contributed by atoms with Gasteiger partial charge in [0.15, 0.2) is 5.78 Å². The second kappa shape index (κ2) is 7.46. The lowest BCUT2D eigenvalue weighted by Crippen LogP contribution is -2.40. The molecule has 0 aliphatic carbocycles. The highest BCUT2D eigenvalue weighted by atomic mass is 16.2. The first-order valence-electron chi connectivity index (χ1n) is 4.67. The fraction of sp³-hybridized carbons (Fsp3) is 0.667. The standard InChI is InChI=1S/C9H18N3O2/c1-7(13)6-12-9(14)8(11)4-2-3-5-10/h6,8H,2-5,10-11H2,1H3,(H,12,14)/t8-/m0/s1. The number of hydrogen-bond donors (Lipinski definition) is 3. The summed E-state index contributed by atoms with van der Waals surface area (Å²) < 4.78 is 0. The third kappa shape index (κ3) is 6.56. The van der Waals surface area contributed by atoms with Crippen LogP contribution in [0.25, 0.3) is 0 Å². The van der Waals surface area contributed by atoms with Gasteiger partial charge in [-0.05, 0) is 26.3 Å². The van der Waals surface area contributed by atoms with Crippen LogP contribution in [0.4, 0.5) is 0 Å². The number of carbonyl (C=O) groups excluding carboxylic acids is 2. The van der Waals surface area contributed by atoms with E-state index in [0.717, 1.165) is 19.4 Å². The number of nitrogens with two attached hydrogens (primary N) is 2. The van der Waals surface area contributed by atoms with Gasteiger partial charge in [-0.1, -0.05) is 6.42 Å². The van der Waals surface area contributed by atoms with Crippen LogP contribution < -0.4 is 16.8 Å². The van der Waals surface area contributed by atoms with Gasteiger partial charge in [0.05, 0.1) is 6.04 Å². The van der Waals surface area contributed by atoms with Gasteiger partial charge in [0.25, 0.3) is 0 Å². The zero-order valence-electron chi connectivity index (χ0n) is 8.45. The van der Waals surface area contributed by atoms with E-state index in [4.69, 9.17) is 11.5 Å². The molecule has 0 bridgehead atoms. The molecule has 0 aromatic rings. The quantitative estimate of drug-likeness (QED) is 0.474. The maximum atomic E-state index is 11.2. The highest BCUT2D eigenvalue weighted by Gasteiger charge is 2.12. The molecule has 0 aromatic heterocycles. The van der Waals surface area contributed by atoms with E-state index >= 15 is 0 Å². The highest BCUT2D eigenvalue weighted by Crippen LogP contribution is 1.97. The van der Waals surface area contributed by atoms with E-state index < -0.39 is 6.04 Å². The van der Waals surface area contributed by atoms with Crippen LogP contribution in [0.2, 0.25) is 0 Å². The molecule has 0 spiro atoms. The van der Waals surface area contributed by atoms with Gasteiger partial charge in [-0.2, -0.15) is 0 Å². The molecule has 0 saturated heterocycles. The van der Waals surface area contributed by atoms with Gasteiger partial charge in [-0.25, -0.2) is 0 Å². The van der Waals surface area contributed by atoms with Crippen molar-refractivity contribution in [3.8, 4) is 0 Å². The molecule has 1 amide bonds. The van der Waals surface area contributed by atoms with Crippen molar-refractivity contribution in [1.82, 2.24) is 5.32 Å². The van der Waals surface area contributed by atoms with E-state index in [1.54, 1.807) is 0 Å². The zero-order valence-corrected chi connectivity index (χ0v) is 8.45. The van der Waals surface area contributed by atoms with Crippen LogP contribution in [-0.4, -0.2) is 24.3 Å². The molecule has 1 radical (unpaired) electrons. The average molecular weight is 200 g/mol. The average Bonchev–Trinajstić information content (AvgIpc) is 2.14. The Morgan fingerprint density at radius 3 is 2.57 bits per heavy atom. The van der Waals surface area contributed by atoms with Crippen molar-refractivity contribution in [3.63, 3.8) is 0 Å². The Bertz CT molecular complexity index is 194. The molecular formula is C9H18N3O2. The molecule has 0 aromatic carbocycles. The summed E-state index contributed by atoms with van der Waals surface area (Å²) in [5, 5.41) is 2.34. The van der Waals surface area contributed by atoms with Crippen molar-refractivity contribution in [1.29, 1.82) is 0 Å². The van der Waals surface area contributed by atoms with Crippen molar-refractivity contribution in [2.75, 3.05) is 6.54 Å². The van der Waals surface area contributed by atoms with Gasteiger partial charge in [-0.15, -0.1) is 0 Å². The smallest absolute Gasteiger partial charge is 0.237 e. The first-order valence-corrected chi connectivity index (χ1v) is 4.67. The lowest BCUT2D eigenvalue weighted by Gasteiger charge is -2.10. The summed E-state index contributed by atoms with van der Waals surface area (Å²) in [6.45, 7) is 3.08. The van der Waals surface area contributed by atoms with Gasteiger partial charge in [-0.3, -0.25) is 9.59 Å². The number of rotatable bonds is 7. The molecule has 0 aliphatic heterocycles. The number of carbonyl (C=O) groups is 2. The van der Waals surface area contributed by atoms with Crippen LogP contribution >= 0.6 is 0 Å². The van der Waals surface area contributed by atoms with Crippen LogP contribution in [-0.2, 0) is 9.59 Å². The molecule has 0 unspecified atom stereocenters. The first kappa shape index (κ1) is 13.1. The fourth-order valence-corrected chi connectivity index (χ4v) is 0.919. The predicted octanol–water partition coefficient (Wildman–Crippen LogP) is -0.690. The van der Waals surface area contributed by atoms with Crippen molar-refractivity contribution < 1.29 is 9.59 Å². The van der Waals surface area contributed by atoms with E-state index in [9.17, 15) is 9.59 Å². The summed E-state index contributed by atoms with van der Waals surface area (Å²) >= 11 is 0. The number of ketones is 1. The normalized spacial score (nSPS) is 12.2. The van der Waals surface area contributed by atoms with Crippen molar-refractivity contribution in [2.24, 2.45) is 11.5 Å². The Labute approximate surface area is 84.2 Å². The maximum Gasteiger partial charge on any atom is 0.237 e. The third-order valence-electron chi connectivity index (χ3n) is 1.72. The first-order chi connectivity index (χ1) is 6.57. The monoisotopic (exact) mass is 200 g/mol. The summed E-state index contributed by atoms with van der Waals surface area (Å²) in [6.07, 6.45) is 2.28. The van der Waals surface area contributed by atoms with Crippen LogP contribution in [0.3, 0.4) is 0 Å². The second-order valence-electron chi connectivity index (χ2n) is 3.15. The minimum Gasteiger partial charge on any atom is -0.342 e. The molecule has 5 heteroatoms. The molecule has 1 atom stereocenters. The van der Waals surface area contributed by atoms with Crippen molar-refractivity contribution in [2.45, 2.75) is 32.2 Å². The molecule has 5 nitrogen and oxygen atoms in total. The molecule has 0 aliphatic rings. The van der Waals surface area contributed by atoms with Crippen molar-refractivity contribution in [3.05, 3.63) is 6.54 Å². The molecule has 81 valence electrons. The van der Waals surface area contributed by atoms with Gasteiger partial charge >= 0.3 is 0 Å². The maximum absolute atomic E-state index is 11.2. The zero-order chi connectivity index (χ0) is 11.0. The molecule has 0 rings (SSSR count). The molecular weight excluding hydrogens is 182 g/mol. The Hall–Kier alpha value is -0.940. The largest absolute Gasteiger partial charge is 0.342 e. The number of amides is 1. The minimum absolute atomic E-state index is 0.201. The summed E-state index contributed by atoms with van der Waals surface area (Å²) in [5.41, 5.74) is 10.9. The van der Waals surface area contributed by atoms with Crippen LogP contribution in [0.15, 0.2) is 0 Å². The number of Topliss-reactive ketones (excluding diaryl/α,β-unsaturated/α-hetero) is 1. The predicted molar refractivity (Wildman–Crippen MR) is 54.0 cm³/mol. The van der Waals surface area contributed by atoms with E-state index in [2.05, 4.69) is 5.32 Å². The van der Waals surface area contributed by atoms with Crippen LogP contribution in [0.5, 0.6) is 0 Å². The Balaban J connectivity index is 3.59. The SMILES string of the molecule is CC(=O)[CH]NC(=O)[C@@H](N)CCCCN. The number of nitrogens with one attached hydrogen (secondary N) is 1. The summed E-state index contributed by atoms with van der Waals surface area (Å²) in [7, 11) is 0. The van der Waals surface area contributed by atoms with Gasteiger partial charge in [0.1, 0.15) is 6.54 Å². The summed E-state index contributed by atoms with van der Waals surface area (Å²) in [5.74, 6) is -0.523. The summed E-state index contributed by atoms with van der Waals surface area (Å²) in [6, 6.07) is -0.558. The molecule has 0 heterocycles. The Kier molecular flexibility index (Phi) is 6.96. The summed E-state index contributed by atoms with van der Waals surface area (Å²) in [4.78, 5) is 21.7.